The molecule has 23 heavy (non-hydrogen) atoms. The van der Waals surface area contributed by atoms with Crippen molar-refractivity contribution in [2.75, 3.05) is 13.1 Å². The zero-order valence-corrected chi connectivity index (χ0v) is 12.5. The van der Waals surface area contributed by atoms with Crippen molar-refractivity contribution in [2.45, 2.75) is 12.5 Å². The Morgan fingerprint density at radius 3 is 2.13 bits per heavy atom. The van der Waals surface area contributed by atoms with E-state index in [1.54, 1.807) is 0 Å². The summed E-state index contributed by atoms with van der Waals surface area (Å²) in [5, 5.41) is 11.4. The van der Waals surface area contributed by atoms with E-state index in [0.29, 0.717) is 0 Å². The first-order valence-electron chi connectivity index (χ1n) is 7.47. The van der Waals surface area contributed by atoms with Crippen molar-refractivity contribution < 1.29 is 19.4 Å². The van der Waals surface area contributed by atoms with Gasteiger partial charge in [0.1, 0.15) is 0 Å². The quantitative estimate of drug-likeness (QED) is 0.633. The van der Waals surface area contributed by atoms with Gasteiger partial charge in [0, 0.05) is 17.7 Å². The summed E-state index contributed by atoms with van der Waals surface area (Å²) >= 11 is 0. The van der Waals surface area contributed by atoms with Gasteiger partial charge in [0.25, 0.3) is 0 Å². The number of carboxylic acids is 1. The fourth-order valence-electron chi connectivity index (χ4n) is 2.80. The SMILES string of the molecule is O=C(O)CCNCC(=O)OC1c2ccccc2-c2ccccc21. The number of hydrogen-bond donors (Lipinski definition) is 2. The van der Waals surface area contributed by atoms with Crippen molar-refractivity contribution in [3.8, 4) is 11.1 Å². The van der Waals surface area contributed by atoms with E-state index in [2.05, 4.69) is 5.32 Å². The van der Waals surface area contributed by atoms with Gasteiger partial charge in [-0.15, -0.1) is 0 Å². The van der Waals surface area contributed by atoms with Crippen LogP contribution in [0.25, 0.3) is 11.1 Å². The molecule has 0 atom stereocenters. The van der Waals surface area contributed by atoms with Crippen LogP contribution in [-0.2, 0) is 14.3 Å². The molecule has 118 valence electrons. The van der Waals surface area contributed by atoms with Crippen LogP contribution in [0.4, 0.5) is 0 Å². The van der Waals surface area contributed by atoms with Gasteiger partial charge >= 0.3 is 11.9 Å². The molecule has 2 aromatic rings. The molecule has 0 radical (unpaired) electrons. The molecule has 0 saturated carbocycles. The Bertz CT molecular complexity index is 696. The summed E-state index contributed by atoms with van der Waals surface area (Å²) in [6.07, 6.45) is -0.432. The Balaban J connectivity index is 1.70. The van der Waals surface area contributed by atoms with E-state index in [-0.39, 0.29) is 19.5 Å². The van der Waals surface area contributed by atoms with E-state index < -0.39 is 18.0 Å². The molecule has 0 amide bonds. The van der Waals surface area contributed by atoms with Gasteiger partial charge < -0.3 is 15.2 Å². The molecule has 5 nitrogen and oxygen atoms in total. The first-order chi connectivity index (χ1) is 11.2. The number of nitrogens with one attached hydrogen (secondary N) is 1. The number of esters is 1. The van der Waals surface area contributed by atoms with Crippen LogP contribution in [-0.4, -0.2) is 30.1 Å². The summed E-state index contributed by atoms with van der Waals surface area (Å²) in [5.74, 6) is -1.29. The fourth-order valence-corrected chi connectivity index (χ4v) is 2.80. The highest BCUT2D eigenvalue weighted by molar-refractivity contribution is 5.80. The van der Waals surface area contributed by atoms with E-state index in [9.17, 15) is 9.59 Å². The van der Waals surface area contributed by atoms with Crippen LogP contribution in [0, 0.1) is 0 Å². The summed E-state index contributed by atoms with van der Waals surface area (Å²) in [4.78, 5) is 22.5. The third-order valence-electron chi connectivity index (χ3n) is 3.81. The number of fused-ring (bicyclic) bond motifs is 3. The average Bonchev–Trinajstić information content (AvgIpc) is 2.86. The van der Waals surface area contributed by atoms with E-state index in [1.165, 1.54) is 0 Å². The fraction of sp³-hybridized carbons (Fsp3) is 0.222. The molecular formula is C18H17NO4. The largest absolute Gasteiger partial charge is 0.481 e. The highest BCUT2D eigenvalue weighted by atomic mass is 16.5. The third kappa shape index (κ3) is 3.24. The Kier molecular flexibility index (Phi) is 4.39. The van der Waals surface area contributed by atoms with Crippen molar-refractivity contribution in [3.05, 3.63) is 59.7 Å². The van der Waals surface area contributed by atoms with Crippen LogP contribution in [0.2, 0.25) is 0 Å². The Morgan fingerprint density at radius 1 is 1.00 bits per heavy atom. The van der Waals surface area contributed by atoms with Gasteiger partial charge in [-0.1, -0.05) is 48.5 Å². The lowest BCUT2D eigenvalue weighted by Gasteiger charge is -2.15. The zero-order chi connectivity index (χ0) is 16.2. The van der Waals surface area contributed by atoms with Crippen LogP contribution in [0.3, 0.4) is 0 Å². The second kappa shape index (κ2) is 6.62. The van der Waals surface area contributed by atoms with Gasteiger partial charge in [-0.2, -0.15) is 0 Å². The molecule has 0 heterocycles. The monoisotopic (exact) mass is 311 g/mol. The van der Waals surface area contributed by atoms with Crippen molar-refractivity contribution in [2.24, 2.45) is 0 Å². The maximum Gasteiger partial charge on any atom is 0.320 e. The third-order valence-corrected chi connectivity index (χ3v) is 3.81. The van der Waals surface area contributed by atoms with Gasteiger partial charge in [0.2, 0.25) is 0 Å². The lowest BCUT2D eigenvalue weighted by molar-refractivity contribution is -0.146. The van der Waals surface area contributed by atoms with Gasteiger partial charge in [0.15, 0.2) is 6.10 Å². The van der Waals surface area contributed by atoms with Crippen LogP contribution in [0.5, 0.6) is 0 Å². The molecule has 0 aliphatic heterocycles. The van der Waals surface area contributed by atoms with E-state index in [0.717, 1.165) is 22.3 Å². The number of carbonyl (C=O) groups is 2. The van der Waals surface area contributed by atoms with Crippen LogP contribution >= 0.6 is 0 Å². The van der Waals surface area contributed by atoms with Gasteiger partial charge in [-0.25, -0.2) is 0 Å². The molecule has 0 aromatic heterocycles. The number of hydrogen-bond acceptors (Lipinski definition) is 4. The average molecular weight is 311 g/mol. The molecule has 0 bridgehead atoms. The zero-order valence-electron chi connectivity index (χ0n) is 12.5. The molecule has 0 saturated heterocycles. The number of carboxylic acid groups (broad SMARTS) is 1. The summed E-state index contributed by atoms with van der Waals surface area (Å²) in [6, 6.07) is 15.8. The van der Waals surface area contributed by atoms with Crippen molar-refractivity contribution in [1.82, 2.24) is 5.32 Å². The lowest BCUT2D eigenvalue weighted by atomic mass is 10.1. The number of aliphatic carboxylic acids is 1. The summed E-state index contributed by atoms with van der Waals surface area (Å²) in [7, 11) is 0. The highest BCUT2D eigenvalue weighted by Crippen LogP contribution is 2.44. The smallest absolute Gasteiger partial charge is 0.320 e. The number of carbonyl (C=O) groups excluding carboxylic acids is 1. The molecule has 2 aromatic carbocycles. The summed E-state index contributed by atoms with van der Waals surface area (Å²) < 4.78 is 5.62. The van der Waals surface area contributed by atoms with Crippen molar-refractivity contribution >= 4 is 11.9 Å². The topological polar surface area (TPSA) is 75.6 Å². The first kappa shape index (κ1) is 15.2. The molecule has 0 unspecified atom stereocenters. The van der Waals surface area contributed by atoms with Crippen LogP contribution < -0.4 is 5.32 Å². The van der Waals surface area contributed by atoms with Gasteiger partial charge in [0.05, 0.1) is 13.0 Å². The lowest BCUT2D eigenvalue weighted by Crippen LogP contribution is -2.27. The maximum atomic E-state index is 12.0. The Morgan fingerprint density at radius 2 is 1.57 bits per heavy atom. The van der Waals surface area contributed by atoms with E-state index >= 15 is 0 Å². The Hall–Kier alpha value is -2.66. The van der Waals surface area contributed by atoms with Crippen LogP contribution in [0.15, 0.2) is 48.5 Å². The van der Waals surface area contributed by atoms with Crippen molar-refractivity contribution in [1.29, 1.82) is 0 Å². The standard InChI is InChI=1S/C18H17NO4/c20-16(21)9-10-19-11-17(22)23-18-14-7-3-1-5-12(14)13-6-2-4-8-15(13)18/h1-8,18-19H,9-11H2,(H,20,21). The molecule has 5 heteroatoms. The molecule has 0 fully saturated rings. The van der Waals surface area contributed by atoms with Gasteiger partial charge in [-0.05, 0) is 11.1 Å². The molecule has 3 rings (SSSR count). The molecule has 1 aliphatic carbocycles. The highest BCUT2D eigenvalue weighted by Gasteiger charge is 2.30. The summed E-state index contributed by atoms with van der Waals surface area (Å²) in [5.41, 5.74) is 4.12. The van der Waals surface area contributed by atoms with E-state index in [4.69, 9.17) is 9.84 Å². The minimum absolute atomic E-state index is 0.00584. The maximum absolute atomic E-state index is 12.0. The second-order valence-electron chi connectivity index (χ2n) is 5.36. The number of benzene rings is 2. The molecule has 1 aliphatic rings. The number of ether oxygens (including phenoxy) is 1. The Labute approximate surface area is 133 Å². The molecule has 2 N–H and O–H groups in total. The van der Waals surface area contributed by atoms with E-state index in [1.807, 2.05) is 48.5 Å². The second-order valence-corrected chi connectivity index (χ2v) is 5.36. The van der Waals surface area contributed by atoms with Crippen LogP contribution in [0.1, 0.15) is 23.7 Å². The molecular weight excluding hydrogens is 294 g/mol. The van der Waals surface area contributed by atoms with Gasteiger partial charge in [-0.3, -0.25) is 9.59 Å². The normalized spacial score (nSPS) is 12.5. The number of rotatable bonds is 6. The summed E-state index contributed by atoms with van der Waals surface area (Å²) in [6.45, 7) is 0.233. The predicted molar refractivity (Wildman–Crippen MR) is 84.9 cm³/mol. The first-order valence-corrected chi connectivity index (χ1v) is 7.47. The molecule has 0 spiro atoms. The minimum atomic E-state index is -0.899. The van der Waals surface area contributed by atoms with Crippen molar-refractivity contribution in [3.63, 3.8) is 0 Å². The predicted octanol–water partition coefficient (Wildman–Crippen LogP) is 2.36. The minimum Gasteiger partial charge on any atom is -0.481 e.